The van der Waals surface area contributed by atoms with Gasteiger partial charge in [0.05, 0.1) is 12.5 Å². The first-order chi connectivity index (χ1) is 8.16. The molecule has 0 aliphatic carbocycles. The van der Waals surface area contributed by atoms with Crippen LogP contribution in [0.15, 0.2) is 41.2 Å². The SMILES string of the molecule is CN(Cc1ccoc1)C(=O)c1cccc(F)n1. The number of furan rings is 1. The maximum atomic E-state index is 12.9. The molecule has 0 unspecified atom stereocenters. The smallest absolute Gasteiger partial charge is 0.272 e. The van der Waals surface area contributed by atoms with E-state index in [1.54, 1.807) is 19.4 Å². The Hall–Kier alpha value is -2.17. The highest BCUT2D eigenvalue weighted by Crippen LogP contribution is 2.07. The minimum atomic E-state index is -0.660. The molecule has 2 aromatic rings. The Bertz CT molecular complexity index is 511. The third kappa shape index (κ3) is 2.69. The first-order valence-corrected chi connectivity index (χ1v) is 5.06. The van der Waals surface area contributed by atoms with Crippen LogP contribution in [0, 0.1) is 5.95 Å². The van der Waals surface area contributed by atoms with Crippen molar-refractivity contribution in [3.8, 4) is 0 Å². The van der Waals surface area contributed by atoms with Gasteiger partial charge in [0, 0.05) is 19.2 Å². The van der Waals surface area contributed by atoms with E-state index in [-0.39, 0.29) is 11.6 Å². The van der Waals surface area contributed by atoms with Crippen LogP contribution < -0.4 is 0 Å². The Morgan fingerprint density at radius 1 is 1.47 bits per heavy atom. The second-order valence-corrected chi connectivity index (χ2v) is 3.64. The number of hydrogen-bond acceptors (Lipinski definition) is 3. The topological polar surface area (TPSA) is 46.3 Å². The van der Waals surface area contributed by atoms with Gasteiger partial charge in [0.1, 0.15) is 5.69 Å². The van der Waals surface area contributed by atoms with Crippen LogP contribution in [0.2, 0.25) is 0 Å². The van der Waals surface area contributed by atoms with Gasteiger partial charge in [-0.3, -0.25) is 4.79 Å². The molecule has 0 aromatic carbocycles. The van der Waals surface area contributed by atoms with Crippen molar-refractivity contribution in [1.29, 1.82) is 0 Å². The van der Waals surface area contributed by atoms with Gasteiger partial charge in [-0.15, -0.1) is 0 Å². The summed E-state index contributed by atoms with van der Waals surface area (Å²) in [6.45, 7) is 0.396. The predicted octanol–water partition coefficient (Wildman–Crippen LogP) is 2.09. The lowest BCUT2D eigenvalue weighted by molar-refractivity contribution is 0.0778. The summed E-state index contributed by atoms with van der Waals surface area (Å²) in [5.41, 5.74) is 0.966. The molecule has 0 saturated heterocycles. The molecule has 17 heavy (non-hydrogen) atoms. The van der Waals surface area contributed by atoms with Crippen molar-refractivity contribution in [2.45, 2.75) is 6.54 Å². The van der Waals surface area contributed by atoms with Gasteiger partial charge in [-0.05, 0) is 18.2 Å². The Morgan fingerprint density at radius 3 is 2.94 bits per heavy atom. The zero-order valence-corrected chi connectivity index (χ0v) is 9.26. The van der Waals surface area contributed by atoms with E-state index >= 15 is 0 Å². The number of rotatable bonds is 3. The summed E-state index contributed by atoms with van der Waals surface area (Å²) in [7, 11) is 1.63. The van der Waals surface area contributed by atoms with Crippen molar-refractivity contribution in [2.24, 2.45) is 0 Å². The lowest BCUT2D eigenvalue weighted by Gasteiger charge is -2.15. The van der Waals surface area contributed by atoms with Crippen LogP contribution in [0.1, 0.15) is 16.1 Å². The standard InChI is InChI=1S/C12H11FN2O2/c1-15(7-9-5-6-17-8-9)12(16)10-3-2-4-11(13)14-10/h2-6,8H,7H2,1H3. The molecule has 2 heterocycles. The van der Waals surface area contributed by atoms with Gasteiger partial charge in [0.15, 0.2) is 0 Å². The number of carbonyl (C=O) groups excluding carboxylic acids is 1. The Balaban J connectivity index is 2.09. The van der Waals surface area contributed by atoms with E-state index < -0.39 is 5.95 Å². The lowest BCUT2D eigenvalue weighted by Crippen LogP contribution is -2.27. The second-order valence-electron chi connectivity index (χ2n) is 3.64. The summed E-state index contributed by atoms with van der Waals surface area (Å²) in [6.07, 6.45) is 3.09. The lowest BCUT2D eigenvalue weighted by atomic mass is 10.3. The molecule has 0 aliphatic heterocycles. The monoisotopic (exact) mass is 234 g/mol. The average molecular weight is 234 g/mol. The first-order valence-electron chi connectivity index (χ1n) is 5.06. The van der Waals surface area contributed by atoms with E-state index in [4.69, 9.17) is 4.42 Å². The highest BCUT2D eigenvalue weighted by atomic mass is 19.1. The fourth-order valence-corrected chi connectivity index (χ4v) is 1.45. The van der Waals surface area contributed by atoms with Crippen LogP contribution in [0.3, 0.4) is 0 Å². The van der Waals surface area contributed by atoms with E-state index in [0.29, 0.717) is 6.54 Å². The van der Waals surface area contributed by atoms with Crippen LogP contribution in [0.4, 0.5) is 4.39 Å². The van der Waals surface area contributed by atoms with Gasteiger partial charge in [-0.25, -0.2) is 4.98 Å². The Morgan fingerprint density at radius 2 is 2.29 bits per heavy atom. The fraction of sp³-hybridized carbons (Fsp3) is 0.167. The van der Waals surface area contributed by atoms with Crippen LogP contribution in [-0.2, 0) is 6.54 Å². The minimum absolute atomic E-state index is 0.0935. The molecule has 1 amide bonds. The summed E-state index contributed by atoms with van der Waals surface area (Å²) in [4.78, 5) is 16.9. The molecule has 88 valence electrons. The van der Waals surface area contributed by atoms with Crippen LogP contribution in [0.25, 0.3) is 0 Å². The summed E-state index contributed by atoms with van der Waals surface area (Å²) in [6, 6.07) is 5.91. The average Bonchev–Trinajstić information content (AvgIpc) is 2.80. The van der Waals surface area contributed by atoms with E-state index in [0.717, 1.165) is 5.56 Å². The van der Waals surface area contributed by atoms with Crippen molar-refractivity contribution in [1.82, 2.24) is 9.88 Å². The zero-order valence-electron chi connectivity index (χ0n) is 9.26. The number of nitrogens with zero attached hydrogens (tertiary/aromatic N) is 2. The highest BCUT2D eigenvalue weighted by molar-refractivity contribution is 5.91. The van der Waals surface area contributed by atoms with E-state index in [9.17, 15) is 9.18 Å². The zero-order chi connectivity index (χ0) is 12.3. The fourth-order valence-electron chi connectivity index (χ4n) is 1.45. The quantitative estimate of drug-likeness (QED) is 0.764. The van der Waals surface area contributed by atoms with Crippen LogP contribution in [0.5, 0.6) is 0 Å². The van der Waals surface area contributed by atoms with Crippen molar-refractivity contribution < 1.29 is 13.6 Å². The molecule has 5 heteroatoms. The molecular weight excluding hydrogens is 223 g/mol. The van der Waals surface area contributed by atoms with Crippen LogP contribution in [-0.4, -0.2) is 22.8 Å². The number of hydrogen-bond donors (Lipinski definition) is 0. The number of carbonyl (C=O) groups is 1. The Kier molecular flexibility index (Phi) is 3.18. The molecule has 0 N–H and O–H groups in total. The molecule has 0 spiro atoms. The first kappa shape index (κ1) is 11.3. The molecule has 0 bridgehead atoms. The van der Waals surface area contributed by atoms with E-state index in [2.05, 4.69) is 4.98 Å². The molecule has 2 aromatic heterocycles. The second kappa shape index (κ2) is 4.78. The van der Waals surface area contributed by atoms with Crippen molar-refractivity contribution in [3.63, 3.8) is 0 Å². The van der Waals surface area contributed by atoms with E-state index in [1.807, 2.05) is 0 Å². The third-order valence-electron chi connectivity index (χ3n) is 2.28. The maximum Gasteiger partial charge on any atom is 0.272 e. The summed E-state index contributed by atoms with van der Waals surface area (Å²) in [5.74, 6) is -0.988. The van der Waals surface area contributed by atoms with Gasteiger partial charge < -0.3 is 9.32 Å². The normalized spacial score (nSPS) is 10.2. The third-order valence-corrected chi connectivity index (χ3v) is 2.28. The van der Waals surface area contributed by atoms with Gasteiger partial charge in [-0.2, -0.15) is 4.39 Å². The number of pyridine rings is 1. The van der Waals surface area contributed by atoms with Gasteiger partial charge >= 0.3 is 0 Å². The van der Waals surface area contributed by atoms with Gasteiger partial charge in [0.2, 0.25) is 5.95 Å². The number of amides is 1. The van der Waals surface area contributed by atoms with Crippen LogP contribution >= 0.6 is 0 Å². The largest absolute Gasteiger partial charge is 0.472 e. The molecular formula is C12H11FN2O2. The molecule has 0 atom stereocenters. The number of halogens is 1. The summed E-state index contributed by atoms with van der Waals surface area (Å²) < 4.78 is 17.8. The maximum absolute atomic E-state index is 12.9. The Labute approximate surface area is 97.7 Å². The molecule has 0 saturated carbocycles. The van der Waals surface area contributed by atoms with E-state index in [1.165, 1.54) is 29.4 Å². The highest BCUT2D eigenvalue weighted by Gasteiger charge is 2.14. The molecule has 0 fully saturated rings. The summed E-state index contributed by atoms with van der Waals surface area (Å²) >= 11 is 0. The molecule has 4 nitrogen and oxygen atoms in total. The van der Waals surface area contributed by atoms with Gasteiger partial charge in [0.25, 0.3) is 5.91 Å². The van der Waals surface area contributed by atoms with Crippen molar-refractivity contribution >= 4 is 5.91 Å². The van der Waals surface area contributed by atoms with Crippen molar-refractivity contribution in [2.75, 3.05) is 7.05 Å². The molecule has 2 rings (SSSR count). The molecule has 0 radical (unpaired) electrons. The minimum Gasteiger partial charge on any atom is -0.472 e. The van der Waals surface area contributed by atoms with Crippen molar-refractivity contribution in [3.05, 3.63) is 54.0 Å². The number of aromatic nitrogens is 1. The predicted molar refractivity (Wildman–Crippen MR) is 58.7 cm³/mol. The van der Waals surface area contributed by atoms with Gasteiger partial charge in [-0.1, -0.05) is 6.07 Å². The molecule has 0 aliphatic rings. The summed E-state index contributed by atoms with van der Waals surface area (Å²) in [5, 5.41) is 0.